The van der Waals surface area contributed by atoms with Crippen molar-refractivity contribution in [1.82, 2.24) is 0 Å². The van der Waals surface area contributed by atoms with E-state index in [1.165, 1.54) is 13.3 Å². The topological polar surface area (TPSA) is 71.4 Å². The quantitative estimate of drug-likeness (QED) is 0.490. The van der Waals surface area contributed by atoms with Gasteiger partial charge in [-0.2, -0.15) is 30.3 Å². The molecule has 0 aliphatic heterocycles. The molecular formula is C14H22O4PY-. The molecule has 0 amide bonds. The predicted molar refractivity (Wildman–Crippen MR) is 77.9 cm³/mol. The van der Waals surface area contributed by atoms with Gasteiger partial charge >= 0.3 is 0 Å². The normalized spacial score (nSPS) is 8.90. The van der Waals surface area contributed by atoms with Gasteiger partial charge in [-0.1, -0.05) is 12.5 Å². The molecule has 0 aliphatic carbocycles. The second kappa shape index (κ2) is 13.8. The summed E-state index contributed by atoms with van der Waals surface area (Å²) in [6, 6.07) is 9.81. The second-order valence-corrected chi connectivity index (χ2v) is 6.78. The van der Waals surface area contributed by atoms with Crippen LogP contribution in [-0.4, -0.2) is 29.8 Å². The summed E-state index contributed by atoms with van der Waals surface area (Å²) in [5, 5.41) is 0. The Morgan fingerprint density at radius 3 is 1.65 bits per heavy atom. The largest absolute Gasteiger partial charge is 0.345 e. The van der Waals surface area contributed by atoms with Crippen LogP contribution < -0.4 is 0 Å². The number of rotatable bonds is 2. The third kappa shape index (κ3) is 26.4. The van der Waals surface area contributed by atoms with Crippen LogP contribution in [0.1, 0.15) is 37.6 Å². The minimum atomic E-state index is -2.64. The van der Waals surface area contributed by atoms with Crippen LogP contribution in [-0.2, 0) is 42.1 Å². The number of Topliss-reactive ketones (excluding diaryl/α,β-unsaturated/α-hetero) is 2. The molecule has 1 radical (unpaired) electrons. The SMILES string of the molecule is CC(=O)c1cc[c-]cc1.CCC(C)=O.CP(C)(=O)O.[Y]. The summed E-state index contributed by atoms with van der Waals surface area (Å²) in [5.41, 5.74) is 0.744. The molecule has 0 aromatic heterocycles. The van der Waals surface area contributed by atoms with Crippen LogP contribution in [0.2, 0.25) is 0 Å². The van der Waals surface area contributed by atoms with Gasteiger partial charge in [-0.25, -0.2) is 0 Å². The van der Waals surface area contributed by atoms with Crippen molar-refractivity contribution in [2.24, 2.45) is 0 Å². The molecule has 0 unspecified atom stereocenters. The smallest absolute Gasteiger partial charge is 0.194 e. The number of hydrogen-bond acceptors (Lipinski definition) is 3. The molecule has 0 heterocycles. The van der Waals surface area contributed by atoms with E-state index >= 15 is 0 Å². The van der Waals surface area contributed by atoms with Crippen molar-refractivity contribution in [2.45, 2.75) is 27.2 Å². The van der Waals surface area contributed by atoms with Crippen molar-refractivity contribution in [1.29, 1.82) is 0 Å². The van der Waals surface area contributed by atoms with Crippen molar-refractivity contribution < 1.29 is 51.8 Å². The second-order valence-electron chi connectivity index (χ2n) is 4.19. The van der Waals surface area contributed by atoms with Gasteiger partial charge in [-0.05, 0) is 13.8 Å². The number of carbonyl (C=O) groups excluding carboxylic acids is 2. The molecular weight excluding hydrogens is 352 g/mol. The molecule has 4 nitrogen and oxygen atoms in total. The van der Waals surface area contributed by atoms with E-state index in [0.29, 0.717) is 6.42 Å². The molecule has 0 saturated carbocycles. The average molecular weight is 374 g/mol. The Morgan fingerprint density at radius 1 is 1.20 bits per heavy atom. The van der Waals surface area contributed by atoms with Crippen LogP contribution in [0, 0.1) is 6.07 Å². The fourth-order valence-electron chi connectivity index (χ4n) is 0.622. The summed E-state index contributed by atoms with van der Waals surface area (Å²) in [6.07, 6.45) is 0.667. The zero-order valence-electron chi connectivity index (χ0n) is 12.7. The van der Waals surface area contributed by atoms with Crippen molar-refractivity contribution in [3.8, 4) is 0 Å². The summed E-state index contributed by atoms with van der Waals surface area (Å²) in [5.74, 6) is 0.356. The van der Waals surface area contributed by atoms with Gasteiger partial charge < -0.3 is 9.69 Å². The van der Waals surface area contributed by atoms with Crippen LogP contribution in [0.3, 0.4) is 0 Å². The fourth-order valence-corrected chi connectivity index (χ4v) is 0.622. The third-order valence-electron chi connectivity index (χ3n) is 1.62. The summed E-state index contributed by atoms with van der Waals surface area (Å²) in [7, 11) is -2.64. The average Bonchev–Trinajstić information content (AvgIpc) is 2.28. The monoisotopic (exact) mass is 374 g/mol. The molecule has 0 atom stereocenters. The van der Waals surface area contributed by atoms with Crippen molar-refractivity contribution >= 4 is 18.9 Å². The fraction of sp³-hybridized carbons (Fsp3) is 0.429. The molecule has 1 aromatic carbocycles. The minimum Gasteiger partial charge on any atom is -0.345 e. The first-order valence-electron chi connectivity index (χ1n) is 5.82. The van der Waals surface area contributed by atoms with Crippen molar-refractivity contribution in [2.75, 3.05) is 13.3 Å². The first-order chi connectivity index (χ1) is 8.57. The summed E-state index contributed by atoms with van der Waals surface area (Å²) >= 11 is 0. The Labute approximate surface area is 146 Å². The number of ketones is 2. The van der Waals surface area contributed by atoms with E-state index in [4.69, 9.17) is 4.89 Å². The van der Waals surface area contributed by atoms with E-state index < -0.39 is 7.37 Å². The molecule has 6 heteroatoms. The molecule has 20 heavy (non-hydrogen) atoms. The van der Waals surface area contributed by atoms with Crippen LogP contribution >= 0.6 is 7.37 Å². The van der Waals surface area contributed by atoms with E-state index in [1.807, 2.05) is 6.92 Å². The maximum absolute atomic E-state index is 10.6. The van der Waals surface area contributed by atoms with E-state index in [1.54, 1.807) is 38.1 Å². The van der Waals surface area contributed by atoms with Gasteiger partial charge in [-0.3, -0.25) is 9.36 Å². The Hall–Kier alpha value is -0.146. The molecule has 1 aromatic rings. The zero-order chi connectivity index (χ0) is 15.5. The number of hydrogen-bond donors (Lipinski definition) is 1. The molecule has 111 valence electrons. The van der Waals surface area contributed by atoms with Crippen LogP contribution in [0.4, 0.5) is 0 Å². The Morgan fingerprint density at radius 2 is 1.50 bits per heavy atom. The molecule has 0 aliphatic rings. The predicted octanol–water partition coefficient (Wildman–Crippen LogP) is 3.19. The Balaban J connectivity index is -0.000000230. The molecule has 0 fully saturated rings. The summed E-state index contributed by atoms with van der Waals surface area (Å²) in [4.78, 5) is 28.5. The molecule has 1 rings (SSSR count). The van der Waals surface area contributed by atoms with Crippen LogP contribution in [0.5, 0.6) is 0 Å². The van der Waals surface area contributed by atoms with Gasteiger partial charge in [0.15, 0.2) is 7.37 Å². The zero-order valence-corrected chi connectivity index (χ0v) is 16.4. The van der Waals surface area contributed by atoms with E-state index in [0.717, 1.165) is 5.56 Å². The molecule has 0 spiro atoms. The number of carbonyl (C=O) groups is 2. The van der Waals surface area contributed by atoms with Crippen molar-refractivity contribution in [3.63, 3.8) is 0 Å². The van der Waals surface area contributed by atoms with E-state index in [2.05, 4.69) is 6.07 Å². The standard InChI is InChI=1S/C8H7O.C4H8O.C2H7O2P.Y/c1-7(9)8-5-3-2-4-6-8;1-3-4(2)5;1-5(2,3)4;/h3-6H,1H3;3H2,1-2H3;1-2H3,(H,3,4);/q-1;;;. The minimum absolute atomic E-state index is 0. The van der Waals surface area contributed by atoms with Gasteiger partial charge in [0.2, 0.25) is 0 Å². The van der Waals surface area contributed by atoms with Gasteiger partial charge in [0.25, 0.3) is 0 Å². The van der Waals surface area contributed by atoms with Crippen molar-refractivity contribution in [3.05, 3.63) is 35.9 Å². The van der Waals surface area contributed by atoms with E-state index in [-0.39, 0.29) is 44.3 Å². The first kappa shape index (κ1) is 24.8. The first-order valence-corrected chi connectivity index (χ1v) is 8.37. The van der Waals surface area contributed by atoms with Crippen LogP contribution in [0.15, 0.2) is 24.3 Å². The Bertz CT molecular complexity index is 418. The Kier molecular flexibility index (Phi) is 17.2. The molecule has 0 saturated heterocycles. The summed E-state index contributed by atoms with van der Waals surface area (Å²) < 4.78 is 9.77. The van der Waals surface area contributed by atoms with Gasteiger partial charge in [0, 0.05) is 52.5 Å². The van der Waals surface area contributed by atoms with Gasteiger partial charge in [-0.15, -0.1) is 0 Å². The van der Waals surface area contributed by atoms with E-state index in [9.17, 15) is 14.2 Å². The van der Waals surface area contributed by atoms with Gasteiger partial charge in [0.05, 0.1) is 0 Å². The third-order valence-corrected chi connectivity index (χ3v) is 1.62. The number of benzene rings is 1. The summed E-state index contributed by atoms with van der Waals surface area (Å²) in [6.45, 7) is 7.58. The van der Waals surface area contributed by atoms with Crippen LogP contribution in [0.25, 0.3) is 0 Å². The van der Waals surface area contributed by atoms with Gasteiger partial charge in [0.1, 0.15) is 11.6 Å². The molecule has 1 N–H and O–H groups in total. The maximum Gasteiger partial charge on any atom is 0.194 e. The maximum atomic E-state index is 10.6. The molecule has 0 bridgehead atoms.